The van der Waals surface area contributed by atoms with Crippen molar-refractivity contribution < 1.29 is 4.79 Å². The van der Waals surface area contributed by atoms with Gasteiger partial charge in [0.05, 0.1) is 6.54 Å². The van der Waals surface area contributed by atoms with Crippen molar-refractivity contribution in [3.8, 4) is 0 Å². The number of thiazole rings is 1. The molecule has 4 rings (SSSR count). The van der Waals surface area contributed by atoms with Gasteiger partial charge in [0.2, 0.25) is 0 Å². The molecule has 5 nitrogen and oxygen atoms in total. The maximum absolute atomic E-state index is 12.5. The van der Waals surface area contributed by atoms with E-state index >= 15 is 0 Å². The number of hydrogen-bond acceptors (Lipinski definition) is 4. The molecular formula is C27H32N4OS. The largest absolute Gasteiger partial charge is 0.361 e. The number of amides is 1. The summed E-state index contributed by atoms with van der Waals surface area (Å²) in [7, 11) is 0. The van der Waals surface area contributed by atoms with E-state index in [1.165, 1.54) is 27.6 Å². The Morgan fingerprint density at radius 1 is 1.09 bits per heavy atom. The third-order valence-electron chi connectivity index (χ3n) is 5.53. The van der Waals surface area contributed by atoms with E-state index in [4.69, 9.17) is 0 Å². The number of aryl methyl sites for hydroxylation is 1. The van der Waals surface area contributed by atoms with Crippen LogP contribution in [0.25, 0.3) is 10.9 Å². The van der Waals surface area contributed by atoms with Crippen LogP contribution in [0.5, 0.6) is 0 Å². The summed E-state index contributed by atoms with van der Waals surface area (Å²) in [5.74, 6) is -0.117. The van der Waals surface area contributed by atoms with Crippen LogP contribution in [0.1, 0.15) is 53.0 Å². The number of fused-ring (bicyclic) bond motifs is 1. The van der Waals surface area contributed by atoms with Crippen LogP contribution in [0.4, 0.5) is 0 Å². The smallest absolute Gasteiger partial charge is 0.271 e. The molecule has 0 aliphatic rings. The van der Waals surface area contributed by atoms with Gasteiger partial charge in [0.1, 0.15) is 10.7 Å². The van der Waals surface area contributed by atoms with Gasteiger partial charge in [0, 0.05) is 41.1 Å². The molecule has 4 aromatic rings. The summed E-state index contributed by atoms with van der Waals surface area (Å²) in [6, 6.07) is 17.1. The molecule has 0 unspecified atom stereocenters. The van der Waals surface area contributed by atoms with Crippen molar-refractivity contribution in [2.75, 3.05) is 6.54 Å². The van der Waals surface area contributed by atoms with Crippen LogP contribution in [-0.4, -0.2) is 32.9 Å². The predicted octanol–water partition coefficient (Wildman–Crippen LogP) is 5.71. The summed E-state index contributed by atoms with van der Waals surface area (Å²) in [5.41, 5.74) is 5.26. The van der Waals surface area contributed by atoms with Crippen molar-refractivity contribution in [2.24, 2.45) is 0 Å². The van der Waals surface area contributed by atoms with E-state index < -0.39 is 0 Å². The molecule has 0 radical (unpaired) electrons. The highest BCUT2D eigenvalue weighted by Crippen LogP contribution is 2.20. The summed E-state index contributed by atoms with van der Waals surface area (Å²) in [4.78, 5) is 22.9. The van der Waals surface area contributed by atoms with Gasteiger partial charge in [0.25, 0.3) is 5.91 Å². The summed E-state index contributed by atoms with van der Waals surface area (Å²) in [6.45, 7) is 10.5. The van der Waals surface area contributed by atoms with Crippen molar-refractivity contribution in [1.82, 2.24) is 20.2 Å². The lowest BCUT2D eigenvalue weighted by molar-refractivity contribution is 0.0914. The molecule has 2 aromatic heterocycles. The lowest BCUT2D eigenvalue weighted by Crippen LogP contribution is -2.40. The number of aromatic nitrogens is 2. The molecule has 0 aliphatic carbocycles. The zero-order valence-electron chi connectivity index (χ0n) is 19.8. The van der Waals surface area contributed by atoms with Crippen LogP contribution in [0, 0.1) is 6.92 Å². The normalized spacial score (nSPS) is 11.9. The highest BCUT2D eigenvalue weighted by atomic mass is 32.1. The average molecular weight is 461 g/mol. The molecule has 0 bridgehead atoms. The molecule has 2 N–H and O–H groups in total. The first-order valence-corrected chi connectivity index (χ1v) is 12.2. The van der Waals surface area contributed by atoms with E-state index in [2.05, 4.69) is 81.8 Å². The second kappa shape index (κ2) is 9.89. The second-order valence-corrected chi connectivity index (χ2v) is 10.6. The quantitative estimate of drug-likeness (QED) is 0.354. The van der Waals surface area contributed by atoms with Crippen LogP contribution in [0.2, 0.25) is 0 Å². The summed E-state index contributed by atoms with van der Waals surface area (Å²) in [5, 5.41) is 7.10. The van der Waals surface area contributed by atoms with Gasteiger partial charge in [-0.2, -0.15) is 0 Å². The van der Waals surface area contributed by atoms with E-state index in [1.54, 1.807) is 11.3 Å². The maximum atomic E-state index is 12.5. The molecule has 172 valence electrons. The fraction of sp³-hybridized carbons (Fsp3) is 0.333. The number of rotatable bonds is 8. The van der Waals surface area contributed by atoms with Crippen LogP contribution in [-0.2, 0) is 19.5 Å². The van der Waals surface area contributed by atoms with Gasteiger partial charge in [-0.3, -0.25) is 9.69 Å². The van der Waals surface area contributed by atoms with E-state index in [-0.39, 0.29) is 11.4 Å². The molecule has 0 atom stereocenters. The number of para-hydroxylation sites is 1. The molecule has 1 amide bonds. The minimum atomic E-state index is -0.280. The molecule has 0 saturated carbocycles. The molecule has 0 saturated heterocycles. The molecule has 0 fully saturated rings. The molecular weight excluding hydrogens is 428 g/mol. The SMILES string of the molecule is Cc1ccc(CN(CCc2c[nH]c3ccccc23)Cc2nc(C(=O)NC(C)(C)C)cs2)cc1. The third kappa shape index (κ3) is 6.30. The minimum Gasteiger partial charge on any atom is -0.361 e. The first-order chi connectivity index (χ1) is 15.8. The fourth-order valence-electron chi connectivity index (χ4n) is 3.87. The van der Waals surface area contributed by atoms with Crippen LogP contribution >= 0.6 is 11.3 Å². The Hall–Kier alpha value is -2.96. The maximum Gasteiger partial charge on any atom is 0.271 e. The zero-order chi connectivity index (χ0) is 23.4. The number of carbonyl (C=O) groups excluding carboxylic acids is 1. The van der Waals surface area contributed by atoms with Crippen LogP contribution in [0.3, 0.4) is 0 Å². The minimum absolute atomic E-state index is 0.117. The van der Waals surface area contributed by atoms with Gasteiger partial charge in [-0.15, -0.1) is 11.3 Å². The van der Waals surface area contributed by atoms with Gasteiger partial charge in [-0.05, 0) is 51.3 Å². The number of carbonyl (C=O) groups is 1. The Labute approximate surface area is 199 Å². The number of nitrogens with zero attached hydrogens (tertiary/aromatic N) is 2. The molecule has 33 heavy (non-hydrogen) atoms. The predicted molar refractivity (Wildman–Crippen MR) is 137 cm³/mol. The Kier molecular flexibility index (Phi) is 6.96. The second-order valence-electron chi connectivity index (χ2n) is 9.64. The zero-order valence-corrected chi connectivity index (χ0v) is 20.6. The Bertz CT molecular complexity index is 1220. The van der Waals surface area contributed by atoms with E-state index in [1.807, 2.05) is 26.2 Å². The highest BCUT2D eigenvalue weighted by Gasteiger charge is 2.19. The van der Waals surface area contributed by atoms with Crippen LogP contribution < -0.4 is 5.32 Å². The van der Waals surface area contributed by atoms with Crippen molar-refractivity contribution in [1.29, 1.82) is 0 Å². The highest BCUT2D eigenvalue weighted by molar-refractivity contribution is 7.09. The number of H-pyrrole nitrogens is 1. The monoisotopic (exact) mass is 460 g/mol. The van der Waals surface area contributed by atoms with E-state index in [9.17, 15) is 4.79 Å². The lowest BCUT2D eigenvalue weighted by atomic mass is 10.1. The van der Waals surface area contributed by atoms with E-state index in [0.717, 1.165) is 24.5 Å². The summed E-state index contributed by atoms with van der Waals surface area (Å²) < 4.78 is 0. The molecule has 0 aliphatic heterocycles. The molecule has 2 aromatic carbocycles. The van der Waals surface area contributed by atoms with Crippen molar-refractivity contribution in [3.05, 3.63) is 87.5 Å². The van der Waals surface area contributed by atoms with Crippen molar-refractivity contribution >= 4 is 28.1 Å². The number of hydrogen-bond donors (Lipinski definition) is 2. The van der Waals surface area contributed by atoms with E-state index in [0.29, 0.717) is 12.2 Å². The summed E-state index contributed by atoms with van der Waals surface area (Å²) >= 11 is 1.55. The van der Waals surface area contributed by atoms with Crippen molar-refractivity contribution in [3.63, 3.8) is 0 Å². The summed E-state index contributed by atoms with van der Waals surface area (Å²) in [6.07, 6.45) is 3.06. The molecule has 0 spiro atoms. The number of aromatic amines is 1. The van der Waals surface area contributed by atoms with Gasteiger partial charge in [0.15, 0.2) is 0 Å². The fourth-order valence-corrected chi connectivity index (χ4v) is 4.68. The van der Waals surface area contributed by atoms with Crippen LogP contribution in [0.15, 0.2) is 60.1 Å². The molecule has 2 heterocycles. The first kappa shape index (κ1) is 23.2. The topological polar surface area (TPSA) is 61.0 Å². The Balaban J connectivity index is 1.49. The standard InChI is InChI=1S/C27H32N4OS/c1-19-9-11-20(12-10-19)16-31(14-13-21-15-28-23-8-6-5-7-22(21)23)17-25-29-24(18-33-25)26(32)30-27(2,3)4/h5-12,15,18,28H,13-14,16-17H2,1-4H3,(H,30,32). The third-order valence-corrected chi connectivity index (χ3v) is 6.36. The lowest BCUT2D eigenvalue weighted by Gasteiger charge is -2.21. The van der Waals surface area contributed by atoms with Gasteiger partial charge < -0.3 is 10.3 Å². The number of nitrogens with one attached hydrogen (secondary N) is 2. The Morgan fingerprint density at radius 2 is 1.85 bits per heavy atom. The first-order valence-electron chi connectivity index (χ1n) is 11.4. The molecule has 6 heteroatoms. The van der Waals surface area contributed by atoms with Gasteiger partial charge >= 0.3 is 0 Å². The Morgan fingerprint density at radius 3 is 2.61 bits per heavy atom. The average Bonchev–Trinajstić information content (AvgIpc) is 3.40. The number of benzene rings is 2. The van der Waals surface area contributed by atoms with Gasteiger partial charge in [-0.1, -0.05) is 48.0 Å². The van der Waals surface area contributed by atoms with Crippen molar-refractivity contribution in [2.45, 2.75) is 52.7 Å². The van der Waals surface area contributed by atoms with Gasteiger partial charge in [-0.25, -0.2) is 4.98 Å².